The largest absolute Gasteiger partial charge is 0.325 e. The van der Waals surface area contributed by atoms with Gasteiger partial charge in [-0.15, -0.1) is 12.4 Å². The molecule has 1 aliphatic rings. The lowest BCUT2D eigenvalue weighted by atomic mass is 10.1. The monoisotopic (exact) mass is 390 g/mol. The Morgan fingerprint density at radius 1 is 1.13 bits per heavy atom. The molecule has 1 aliphatic heterocycles. The number of hydrogen-bond acceptors (Lipinski definition) is 4. The third kappa shape index (κ3) is 2.58. The van der Waals surface area contributed by atoms with Crippen molar-refractivity contribution < 1.29 is 0 Å². The molecule has 0 N–H and O–H groups in total. The summed E-state index contributed by atoms with van der Waals surface area (Å²) >= 11 is 3.64. The van der Waals surface area contributed by atoms with Crippen LogP contribution in [0.5, 0.6) is 0 Å². The minimum atomic E-state index is 0. The fraction of sp³-hybridized carbons (Fsp3) is 0.235. The highest BCUT2D eigenvalue weighted by Gasteiger charge is 2.25. The Kier molecular flexibility index (Phi) is 4.25. The van der Waals surface area contributed by atoms with E-state index in [1.165, 1.54) is 16.8 Å². The van der Waals surface area contributed by atoms with E-state index in [9.17, 15) is 0 Å². The average Bonchev–Trinajstić information content (AvgIpc) is 2.95. The molecule has 0 spiro atoms. The molecule has 3 aromatic rings. The van der Waals surface area contributed by atoms with Gasteiger partial charge in [-0.25, -0.2) is 9.97 Å². The third-order valence-corrected chi connectivity index (χ3v) is 5.08. The van der Waals surface area contributed by atoms with Crippen LogP contribution in [-0.4, -0.2) is 21.5 Å². The minimum absolute atomic E-state index is 0. The molecule has 4 nitrogen and oxygen atoms in total. The molecule has 0 amide bonds. The van der Waals surface area contributed by atoms with E-state index in [1.54, 1.807) is 6.33 Å². The molecule has 23 heavy (non-hydrogen) atoms. The predicted octanol–water partition coefficient (Wildman–Crippen LogP) is 4.52. The number of hydrogen-bond donors (Lipinski definition) is 0. The van der Waals surface area contributed by atoms with Crippen molar-refractivity contribution in [3.05, 3.63) is 52.0 Å². The summed E-state index contributed by atoms with van der Waals surface area (Å²) in [5.74, 6) is 0.968. The molecule has 4 rings (SSSR count). The van der Waals surface area contributed by atoms with E-state index in [-0.39, 0.29) is 12.4 Å². The molecule has 0 saturated heterocycles. The smallest absolute Gasteiger partial charge is 0.144 e. The first kappa shape index (κ1) is 16.1. The van der Waals surface area contributed by atoms with Gasteiger partial charge < -0.3 is 4.90 Å². The van der Waals surface area contributed by atoms with Gasteiger partial charge in [0.25, 0.3) is 0 Å². The number of anilines is 2. The molecule has 3 heterocycles. The van der Waals surface area contributed by atoms with E-state index >= 15 is 0 Å². The molecule has 0 saturated carbocycles. The van der Waals surface area contributed by atoms with Crippen LogP contribution in [0.15, 0.2) is 35.2 Å². The van der Waals surface area contributed by atoms with Gasteiger partial charge in [-0.05, 0) is 43.5 Å². The van der Waals surface area contributed by atoms with Crippen molar-refractivity contribution in [3.8, 4) is 0 Å². The number of pyridine rings is 1. The molecular formula is C17H16BrClN4. The third-order valence-electron chi connectivity index (χ3n) is 4.22. The lowest BCUT2D eigenvalue weighted by Gasteiger charge is -2.22. The van der Waals surface area contributed by atoms with Gasteiger partial charge in [0.15, 0.2) is 0 Å². The maximum atomic E-state index is 4.57. The molecule has 0 unspecified atom stereocenters. The lowest BCUT2D eigenvalue weighted by Crippen LogP contribution is -2.16. The fourth-order valence-electron chi connectivity index (χ4n) is 3.13. The van der Waals surface area contributed by atoms with Gasteiger partial charge in [0.05, 0.1) is 11.7 Å². The second kappa shape index (κ2) is 6.06. The molecular weight excluding hydrogens is 376 g/mol. The molecule has 1 aromatic carbocycles. The van der Waals surface area contributed by atoms with E-state index in [0.717, 1.165) is 39.9 Å². The zero-order chi connectivity index (χ0) is 15.3. The normalized spacial score (nSPS) is 13.1. The molecule has 0 radical (unpaired) electrons. The highest BCUT2D eigenvalue weighted by atomic mass is 79.9. The first-order valence-corrected chi connectivity index (χ1v) is 8.07. The summed E-state index contributed by atoms with van der Waals surface area (Å²) in [5, 5.41) is 1.06. The minimum Gasteiger partial charge on any atom is -0.325 e. The van der Waals surface area contributed by atoms with Gasteiger partial charge in [0.1, 0.15) is 12.1 Å². The highest BCUT2D eigenvalue weighted by Crippen LogP contribution is 2.40. The zero-order valence-corrected chi connectivity index (χ0v) is 15.3. The van der Waals surface area contributed by atoms with Crippen LogP contribution in [0.4, 0.5) is 11.5 Å². The fourth-order valence-corrected chi connectivity index (χ4v) is 3.45. The van der Waals surface area contributed by atoms with Crippen molar-refractivity contribution in [2.45, 2.75) is 20.3 Å². The SMILES string of the molecule is Cc1cc2c(N3CCc4ccc(Br)c(C)c43)ncnc2cn1.Cl. The van der Waals surface area contributed by atoms with Crippen LogP contribution in [0.25, 0.3) is 10.9 Å². The summed E-state index contributed by atoms with van der Waals surface area (Å²) in [5.41, 5.74) is 5.76. The number of rotatable bonds is 1. The van der Waals surface area contributed by atoms with Crippen molar-refractivity contribution in [2.75, 3.05) is 11.4 Å². The second-order valence-electron chi connectivity index (χ2n) is 5.62. The Bertz CT molecular complexity index is 897. The van der Waals surface area contributed by atoms with Gasteiger partial charge in [0.2, 0.25) is 0 Å². The predicted molar refractivity (Wildman–Crippen MR) is 98.9 cm³/mol. The summed E-state index contributed by atoms with van der Waals surface area (Å²) in [6.07, 6.45) is 4.49. The molecule has 0 fully saturated rings. The molecule has 6 heteroatoms. The molecule has 0 atom stereocenters. The van der Waals surface area contributed by atoms with Gasteiger partial charge >= 0.3 is 0 Å². The first-order valence-electron chi connectivity index (χ1n) is 7.28. The Morgan fingerprint density at radius 3 is 2.78 bits per heavy atom. The zero-order valence-electron chi connectivity index (χ0n) is 12.9. The van der Waals surface area contributed by atoms with E-state index < -0.39 is 0 Å². The highest BCUT2D eigenvalue weighted by molar-refractivity contribution is 9.10. The van der Waals surface area contributed by atoms with E-state index in [2.05, 4.69) is 60.9 Å². The Hall–Kier alpha value is -1.72. The van der Waals surface area contributed by atoms with E-state index in [0.29, 0.717) is 0 Å². The maximum absolute atomic E-state index is 4.57. The number of halogens is 2. The van der Waals surface area contributed by atoms with E-state index in [1.807, 2.05) is 13.1 Å². The van der Waals surface area contributed by atoms with Crippen LogP contribution in [0.1, 0.15) is 16.8 Å². The quantitative estimate of drug-likeness (QED) is 0.611. The van der Waals surface area contributed by atoms with Crippen LogP contribution in [0, 0.1) is 13.8 Å². The summed E-state index contributed by atoms with van der Waals surface area (Å²) in [7, 11) is 0. The number of aryl methyl sites for hydroxylation is 1. The number of aromatic nitrogens is 3. The van der Waals surface area contributed by atoms with Gasteiger partial charge in [-0.1, -0.05) is 22.0 Å². The summed E-state index contributed by atoms with van der Waals surface area (Å²) in [4.78, 5) is 15.6. The molecule has 2 aromatic heterocycles. The molecule has 118 valence electrons. The Balaban J connectivity index is 0.00000156. The topological polar surface area (TPSA) is 41.9 Å². The summed E-state index contributed by atoms with van der Waals surface area (Å²) in [6.45, 7) is 5.09. The van der Waals surface area contributed by atoms with Crippen molar-refractivity contribution in [3.63, 3.8) is 0 Å². The van der Waals surface area contributed by atoms with Crippen molar-refractivity contribution in [1.82, 2.24) is 15.0 Å². The maximum Gasteiger partial charge on any atom is 0.144 e. The Labute approximate surface area is 149 Å². The van der Waals surface area contributed by atoms with Crippen LogP contribution in [-0.2, 0) is 6.42 Å². The van der Waals surface area contributed by atoms with Crippen LogP contribution in [0.2, 0.25) is 0 Å². The Morgan fingerprint density at radius 2 is 1.96 bits per heavy atom. The van der Waals surface area contributed by atoms with Crippen LogP contribution in [0.3, 0.4) is 0 Å². The number of fused-ring (bicyclic) bond motifs is 2. The number of benzene rings is 1. The van der Waals surface area contributed by atoms with Gasteiger partial charge in [-0.3, -0.25) is 4.98 Å². The van der Waals surface area contributed by atoms with Crippen LogP contribution < -0.4 is 4.90 Å². The van der Waals surface area contributed by atoms with Crippen LogP contribution >= 0.6 is 28.3 Å². The molecule has 0 aliphatic carbocycles. The summed E-state index contributed by atoms with van der Waals surface area (Å²) in [6, 6.07) is 6.39. The lowest BCUT2D eigenvalue weighted by molar-refractivity contribution is 0.971. The molecule has 0 bridgehead atoms. The van der Waals surface area contributed by atoms with Crippen molar-refractivity contribution in [2.24, 2.45) is 0 Å². The van der Waals surface area contributed by atoms with E-state index in [4.69, 9.17) is 0 Å². The van der Waals surface area contributed by atoms with Gasteiger partial charge in [-0.2, -0.15) is 0 Å². The second-order valence-corrected chi connectivity index (χ2v) is 6.48. The standard InChI is InChI=1S/C17H15BrN4.ClH/c1-10-7-13-15(8-19-10)20-9-21-17(13)22-6-5-12-3-4-14(18)11(2)16(12)22;/h3-4,7-9H,5-6H2,1-2H3;1H. The average molecular weight is 392 g/mol. The van der Waals surface area contributed by atoms with Crippen molar-refractivity contribution in [1.29, 1.82) is 0 Å². The summed E-state index contributed by atoms with van der Waals surface area (Å²) < 4.78 is 1.13. The number of nitrogens with zero attached hydrogens (tertiary/aromatic N) is 4. The first-order chi connectivity index (χ1) is 10.6. The van der Waals surface area contributed by atoms with Crippen molar-refractivity contribution >= 4 is 50.7 Å². The van der Waals surface area contributed by atoms with Gasteiger partial charge in [0, 0.05) is 27.8 Å².